The average molecular weight is 238 g/mol. The number of aliphatic hydroxyl groups excluding tert-OH is 1. The van der Waals surface area contributed by atoms with Crippen LogP contribution in [0, 0.1) is 5.41 Å². The van der Waals surface area contributed by atoms with Gasteiger partial charge in [-0.2, -0.15) is 0 Å². The Morgan fingerprint density at radius 1 is 1.29 bits per heavy atom. The summed E-state index contributed by atoms with van der Waals surface area (Å²) in [4.78, 5) is 0. The maximum Gasteiger partial charge on any atom is 0.183 e. The zero-order valence-corrected chi connectivity index (χ0v) is 10.2. The fraction of sp³-hybridized carbons (Fsp3) is 0.538. The van der Waals surface area contributed by atoms with Gasteiger partial charge in [-0.1, -0.05) is 19.1 Å². The van der Waals surface area contributed by atoms with E-state index in [2.05, 4.69) is 0 Å². The minimum atomic E-state index is -0.347. The second kappa shape index (κ2) is 5.04. The summed E-state index contributed by atoms with van der Waals surface area (Å²) in [5, 5.41) is 9.20. The first kappa shape index (κ1) is 12.4. The van der Waals surface area contributed by atoms with Crippen molar-refractivity contribution in [1.82, 2.24) is 0 Å². The van der Waals surface area contributed by atoms with Crippen molar-refractivity contribution in [3.63, 3.8) is 0 Å². The minimum Gasteiger partial charge on any atom is -0.497 e. The number of benzene rings is 1. The summed E-state index contributed by atoms with van der Waals surface area (Å²) in [7, 11) is 1.63. The topological polar surface area (TPSA) is 47.9 Å². The van der Waals surface area contributed by atoms with Crippen molar-refractivity contribution in [2.75, 3.05) is 26.9 Å². The lowest BCUT2D eigenvalue weighted by atomic mass is 9.93. The Morgan fingerprint density at radius 2 is 1.88 bits per heavy atom. The molecular weight excluding hydrogens is 220 g/mol. The third kappa shape index (κ3) is 2.77. The van der Waals surface area contributed by atoms with Crippen molar-refractivity contribution in [2.45, 2.75) is 13.2 Å². The molecule has 1 aliphatic rings. The lowest BCUT2D eigenvalue weighted by molar-refractivity contribution is -0.236. The van der Waals surface area contributed by atoms with E-state index >= 15 is 0 Å². The van der Waals surface area contributed by atoms with Crippen LogP contribution in [0.5, 0.6) is 5.75 Å². The van der Waals surface area contributed by atoms with Gasteiger partial charge in [-0.25, -0.2) is 0 Å². The number of ether oxygens (including phenoxy) is 3. The van der Waals surface area contributed by atoms with E-state index in [0.717, 1.165) is 11.3 Å². The molecule has 1 N–H and O–H groups in total. The van der Waals surface area contributed by atoms with Crippen LogP contribution in [0.3, 0.4) is 0 Å². The Morgan fingerprint density at radius 3 is 2.35 bits per heavy atom. The van der Waals surface area contributed by atoms with Gasteiger partial charge in [0.1, 0.15) is 5.75 Å². The van der Waals surface area contributed by atoms with E-state index < -0.39 is 0 Å². The average Bonchev–Trinajstić information content (AvgIpc) is 2.40. The van der Waals surface area contributed by atoms with E-state index in [1.807, 2.05) is 31.2 Å². The van der Waals surface area contributed by atoms with Crippen LogP contribution in [-0.2, 0) is 9.47 Å². The van der Waals surface area contributed by atoms with Gasteiger partial charge in [0.25, 0.3) is 0 Å². The molecule has 0 radical (unpaired) electrons. The normalized spacial score (nSPS) is 29.0. The van der Waals surface area contributed by atoms with Gasteiger partial charge >= 0.3 is 0 Å². The third-order valence-corrected chi connectivity index (χ3v) is 2.94. The molecule has 0 aliphatic carbocycles. The maximum absolute atomic E-state index is 9.20. The highest BCUT2D eigenvalue weighted by Crippen LogP contribution is 2.31. The Hall–Kier alpha value is -1.10. The molecule has 2 rings (SSSR count). The number of methoxy groups -OCH3 is 1. The van der Waals surface area contributed by atoms with Gasteiger partial charge in [0.2, 0.25) is 0 Å². The highest BCUT2D eigenvalue weighted by atomic mass is 16.7. The molecule has 1 fully saturated rings. The van der Waals surface area contributed by atoms with Crippen LogP contribution in [0.2, 0.25) is 0 Å². The van der Waals surface area contributed by atoms with Gasteiger partial charge in [-0.05, 0) is 12.1 Å². The van der Waals surface area contributed by atoms with Crippen molar-refractivity contribution in [3.8, 4) is 5.75 Å². The standard InChI is InChI=1S/C13H18O4/c1-13(7-14)8-16-12(17-9-13)10-3-5-11(15-2)6-4-10/h3-6,12,14H,7-9H2,1-2H3. The fourth-order valence-electron chi connectivity index (χ4n) is 1.69. The summed E-state index contributed by atoms with van der Waals surface area (Å²) in [5.41, 5.74) is 0.675. The van der Waals surface area contributed by atoms with Crippen LogP contribution in [-0.4, -0.2) is 32.0 Å². The second-order valence-corrected chi connectivity index (χ2v) is 4.70. The summed E-state index contributed by atoms with van der Waals surface area (Å²) in [6.45, 7) is 3.01. The van der Waals surface area contributed by atoms with Crippen LogP contribution < -0.4 is 4.74 Å². The molecule has 1 aromatic rings. The van der Waals surface area contributed by atoms with E-state index in [0.29, 0.717) is 13.2 Å². The molecule has 0 bridgehead atoms. The smallest absolute Gasteiger partial charge is 0.183 e. The molecule has 0 saturated carbocycles. The lowest BCUT2D eigenvalue weighted by Gasteiger charge is -2.36. The molecule has 4 nitrogen and oxygen atoms in total. The van der Waals surface area contributed by atoms with Crippen LogP contribution in [0.4, 0.5) is 0 Å². The first-order chi connectivity index (χ1) is 8.17. The molecule has 17 heavy (non-hydrogen) atoms. The molecule has 0 spiro atoms. The van der Waals surface area contributed by atoms with Crippen molar-refractivity contribution >= 4 is 0 Å². The molecule has 1 aromatic carbocycles. The van der Waals surface area contributed by atoms with Crippen LogP contribution in [0.1, 0.15) is 18.8 Å². The molecule has 1 saturated heterocycles. The van der Waals surface area contributed by atoms with Gasteiger partial charge in [-0.15, -0.1) is 0 Å². The van der Waals surface area contributed by atoms with Crippen LogP contribution >= 0.6 is 0 Å². The van der Waals surface area contributed by atoms with Gasteiger partial charge in [0, 0.05) is 11.0 Å². The fourth-order valence-corrected chi connectivity index (χ4v) is 1.69. The van der Waals surface area contributed by atoms with E-state index in [-0.39, 0.29) is 18.3 Å². The molecule has 0 aromatic heterocycles. The van der Waals surface area contributed by atoms with Gasteiger partial charge < -0.3 is 19.3 Å². The van der Waals surface area contributed by atoms with Crippen molar-refractivity contribution in [2.24, 2.45) is 5.41 Å². The minimum absolute atomic E-state index is 0.0718. The van der Waals surface area contributed by atoms with Gasteiger partial charge in [0.05, 0.1) is 26.9 Å². The van der Waals surface area contributed by atoms with E-state index in [4.69, 9.17) is 14.2 Å². The molecule has 94 valence electrons. The molecular formula is C13H18O4. The molecule has 1 aliphatic heterocycles. The van der Waals surface area contributed by atoms with Crippen LogP contribution in [0.25, 0.3) is 0 Å². The summed E-state index contributed by atoms with van der Waals surface area (Å²) in [6.07, 6.45) is -0.347. The summed E-state index contributed by atoms with van der Waals surface area (Å²) in [6, 6.07) is 7.60. The Kier molecular flexibility index (Phi) is 3.66. The molecule has 0 unspecified atom stereocenters. The Bertz CT molecular complexity index is 352. The zero-order chi connectivity index (χ0) is 12.3. The SMILES string of the molecule is COc1ccc(C2OCC(C)(CO)CO2)cc1. The van der Waals surface area contributed by atoms with Gasteiger partial charge in [-0.3, -0.25) is 0 Å². The zero-order valence-electron chi connectivity index (χ0n) is 10.2. The quantitative estimate of drug-likeness (QED) is 0.871. The number of rotatable bonds is 3. The molecule has 4 heteroatoms. The maximum atomic E-state index is 9.20. The second-order valence-electron chi connectivity index (χ2n) is 4.70. The molecule has 0 amide bonds. The highest BCUT2D eigenvalue weighted by molar-refractivity contribution is 5.27. The number of hydrogen-bond donors (Lipinski definition) is 1. The summed E-state index contributed by atoms with van der Waals surface area (Å²) in [5.74, 6) is 0.810. The van der Waals surface area contributed by atoms with E-state index in [9.17, 15) is 5.11 Å². The Labute approximate surface area is 101 Å². The number of aliphatic hydroxyl groups is 1. The van der Waals surface area contributed by atoms with E-state index in [1.54, 1.807) is 7.11 Å². The van der Waals surface area contributed by atoms with E-state index in [1.165, 1.54) is 0 Å². The first-order valence-corrected chi connectivity index (χ1v) is 5.65. The first-order valence-electron chi connectivity index (χ1n) is 5.65. The predicted octanol–water partition coefficient (Wildman–Crippen LogP) is 1.74. The van der Waals surface area contributed by atoms with Crippen molar-refractivity contribution < 1.29 is 19.3 Å². The summed E-state index contributed by atoms with van der Waals surface area (Å²) < 4.78 is 16.3. The van der Waals surface area contributed by atoms with Crippen LogP contribution in [0.15, 0.2) is 24.3 Å². The summed E-state index contributed by atoms with van der Waals surface area (Å²) >= 11 is 0. The lowest BCUT2D eigenvalue weighted by Crippen LogP contribution is -2.39. The largest absolute Gasteiger partial charge is 0.497 e. The number of hydrogen-bond acceptors (Lipinski definition) is 4. The molecule has 0 atom stereocenters. The predicted molar refractivity (Wildman–Crippen MR) is 62.8 cm³/mol. The third-order valence-electron chi connectivity index (χ3n) is 2.94. The van der Waals surface area contributed by atoms with Crippen molar-refractivity contribution in [3.05, 3.63) is 29.8 Å². The highest BCUT2D eigenvalue weighted by Gasteiger charge is 2.32. The van der Waals surface area contributed by atoms with Gasteiger partial charge in [0.15, 0.2) is 6.29 Å². The van der Waals surface area contributed by atoms with Crippen molar-refractivity contribution in [1.29, 1.82) is 0 Å². The Balaban J connectivity index is 2.00. The monoisotopic (exact) mass is 238 g/mol. The molecule has 1 heterocycles.